The minimum absolute atomic E-state index is 0.243. The number of hydrogen-bond donors (Lipinski definition) is 1. The smallest absolute Gasteiger partial charge is 0.222 e. The summed E-state index contributed by atoms with van der Waals surface area (Å²) in [4.78, 5) is 14.8. The molecule has 2 fully saturated rings. The van der Waals surface area contributed by atoms with E-state index in [1.165, 1.54) is 17.8 Å². The molecule has 1 aromatic rings. The van der Waals surface area contributed by atoms with Crippen molar-refractivity contribution in [1.29, 1.82) is 0 Å². The fourth-order valence-corrected chi connectivity index (χ4v) is 5.02. The summed E-state index contributed by atoms with van der Waals surface area (Å²) in [5.41, 5.74) is 6.31. The van der Waals surface area contributed by atoms with Gasteiger partial charge in [0.15, 0.2) is 0 Å². The topological polar surface area (TPSA) is 55.6 Å². The van der Waals surface area contributed by atoms with E-state index in [0.29, 0.717) is 41.9 Å². The van der Waals surface area contributed by atoms with Crippen molar-refractivity contribution < 1.29 is 13.9 Å². The molecule has 2 atom stereocenters. The number of benzene rings is 1. The van der Waals surface area contributed by atoms with Gasteiger partial charge in [-0.1, -0.05) is 13.8 Å². The van der Waals surface area contributed by atoms with Crippen molar-refractivity contribution in [3.8, 4) is 5.75 Å². The standard InChI is InChI=1S/C22H32BFN2O2S/c1-15(2)12-20(27)26-9-6-16(7-10-26)22(25)14-21(22,23)8-11-28-17-4-5-19(29-3)18(24)13-17/h4-5,13,15-16H,6-12,14,25H2,1-3H3. The number of amides is 1. The van der Waals surface area contributed by atoms with Crippen molar-refractivity contribution in [3.05, 3.63) is 24.0 Å². The van der Waals surface area contributed by atoms with E-state index in [1.807, 2.05) is 11.2 Å². The third kappa shape index (κ3) is 4.93. The first-order valence-electron chi connectivity index (χ1n) is 10.5. The second kappa shape index (κ2) is 8.89. The van der Waals surface area contributed by atoms with E-state index >= 15 is 0 Å². The van der Waals surface area contributed by atoms with Crippen LogP contribution in [-0.4, -0.2) is 50.1 Å². The summed E-state index contributed by atoms with van der Waals surface area (Å²) < 4.78 is 19.6. The molecule has 0 aromatic heterocycles. The third-order valence-electron chi connectivity index (χ3n) is 6.51. The molecule has 4 nitrogen and oxygen atoms in total. The molecule has 1 aromatic carbocycles. The van der Waals surface area contributed by atoms with E-state index in [0.717, 1.165) is 32.4 Å². The van der Waals surface area contributed by atoms with Gasteiger partial charge in [-0.2, -0.15) is 0 Å². The van der Waals surface area contributed by atoms with Crippen molar-refractivity contribution in [3.63, 3.8) is 0 Å². The van der Waals surface area contributed by atoms with Crippen LogP contribution in [0.1, 0.15) is 46.0 Å². The van der Waals surface area contributed by atoms with Crippen molar-refractivity contribution in [1.82, 2.24) is 4.90 Å². The fourth-order valence-electron chi connectivity index (χ4n) is 4.56. The highest BCUT2D eigenvalue weighted by Crippen LogP contribution is 2.66. The molecular formula is C22H32BFN2O2S. The van der Waals surface area contributed by atoms with Crippen LogP contribution in [0.3, 0.4) is 0 Å². The van der Waals surface area contributed by atoms with E-state index in [2.05, 4.69) is 13.8 Å². The second-order valence-corrected chi connectivity index (χ2v) is 9.87. The number of likely N-dealkylation sites (tertiary alicyclic amines) is 1. The van der Waals surface area contributed by atoms with E-state index in [9.17, 15) is 9.18 Å². The van der Waals surface area contributed by atoms with E-state index in [1.54, 1.807) is 12.1 Å². The molecule has 1 saturated heterocycles. The highest BCUT2D eigenvalue weighted by Gasteiger charge is 2.64. The molecule has 2 N–H and O–H groups in total. The van der Waals surface area contributed by atoms with E-state index in [-0.39, 0.29) is 11.7 Å². The van der Waals surface area contributed by atoms with Gasteiger partial charge in [-0.15, -0.1) is 11.8 Å². The predicted molar refractivity (Wildman–Crippen MR) is 117 cm³/mol. The molecule has 29 heavy (non-hydrogen) atoms. The molecule has 1 aliphatic heterocycles. The van der Waals surface area contributed by atoms with Crippen LogP contribution in [0, 0.1) is 17.7 Å². The van der Waals surface area contributed by atoms with Crippen LogP contribution >= 0.6 is 11.8 Å². The molecule has 0 bridgehead atoms. The highest BCUT2D eigenvalue weighted by atomic mass is 32.2. The average Bonchev–Trinajstić information content (AvgIpc) is 3.23. The number of hydrogen-bond acceptors (Lipinski definition) is 4. The minimum Gasteiger partial charge on any atom is -0.493 e. The van der Waals surface area contributed by atoms with Crippen LogP contribution in [0.5, 0.6) is 5.75 Å². The predicted octanol–water partition coefficient (Wildman–Crippen LogP) is 4.03. The summed E-state index contributed by atoms with van der Waals surface area (Å²) in [6.45, 7) is 6.09. The molecule has 2 unspecified atom stereocenters. The molecule has 1 heterocycles. The van der Waals surface area contributed by atoms with Gasteiger partial charge >= 0.3 is 0 Å². The van der Waals surface area contributed by atoms with Crippen LogP contribution in [0.25, 0.3) is 0 Å². The normalized spacial score (nSPS) is 27.3. The van der Waals surface area contributed by atoms with Gasteiger partial charge in [-0.3, -0.25) is 4.79 Å². The van der Waals surface area contributed by atoms with Gasteiger partial charge in [0.25, 0.3) is 0 Å². The summed E-state index contributed by atoms with van der Waals surface area (Å²) >= 11 is 1.37. The van der Waals surface area contributed by atoms with Crippen molar-refractivity contribution in [2.24, 2.45) is 17.6 Å². The lowest BCUT2D eigenvalue weighted by Crippen LogP contribution is -2.46. The van der Waals surface area contributed by atoms with Gasteiger partial charge in [-0.25, -0.2) is 4.39 Å². The highest BCUT2D eigenvalue weighted by molar-refractivity contribution is 7.98. The van der Waals surface area contributed by atoms with Gasteiger partial charge in [0.05, 0.1) is 14.5 Å². The molecule has 2 radical (unpaired) electrons. The molecule has 7 heteroatoms. The van der Waals surface area contributed by atoms with Gasteiger partial charge in [-0.05, 0) is 61.2 Å². The number of ether oxygens (including phenoxy) is 1. The Morgan fingerprint density at radius 3 is 2.69 bits per heavy atom. The minimum atomic E-state index is -0.445. The lowest BCUT2D eigenvalue weighted by molar-refractivity contribution is -0.133. The average molecular weight is 418 g/mol. The molecule has 0 spiro atoms. The zero-order chi connectivity index (χ0) is 21.2. The number of nitrogens with two attached hydrogens (primary N) is 1. The largest absolute Gasteiger partial charge is 0.493 e. The van der Waals surface area contributed by atoms with Gasteiger partial charge in [0.1, 0.15) is 11.6 Å². The number of rotatable bonds is 8. The number of halogens is 1. The second-order valence-electron chi connectivity index (χ2n) is 9.02. The van der Waals surface area contributed by atoms with Crippen LogP contribution in [0.4, 0.5) is 4.39 Å². The summed E-state index contributed by atoms with van der Waals surface area (Å²) in [5.74, 6) is 1.20. The van der Waals surface area contributed by atoms with Crippen molar-refractivity contribution in [2.75, 3.05) is 26.0 Å². The maximum atomic E-state index is 13.9. The van der Waals surface area contributed by atoms with E-state index < -0.39 is 10.9 Å². The molecule has 3 rings (SSSR count). The third-order valence-corrected chi connectivity index (χ3v) is 7.28. The summed E-state index contributed by atoms with van der Waals surface area (Å²) in [6, 6.07) is 4.93. The SMILES string of the molecule is [B]C1(CCOc2ccc(SC)c(F)c2)CC1(N)C1CCN(C(=O)CC(C)C)CC1. The molecule has 1 amide bonds. The first kappa shape index (κ1) is 22.5. The Morgan fingerprint density at radius 2 is 2.10 bits per heavy atom. The Hall–Kier alpha value is -1.21. The van der Waals surface area contributed by atoms with Crippen LogP contribution in [0.15, 0.2) is 23.1 Å². The number of carbonyl (C=O) groups excluding carboxylic acids is 1. The lowest BCUT2D eigenvalue weighted by atomic mass is 9.71. The van der Waals surface area contributed by atoms with Gasteiger partial charge < -0.3 is 15.4 Å². The van der Waals surface area contributed by atoms with Crippen molar-refractivity contribution in [2.45, 2.75) is 61.7 Å². The quantitative estimate of drug-likeness (QED) is 0.512. The van der Waals surface area contributed by atoms with Crippen LogP contribution in [0.2, 0.25) is 5.31 Å². The van der Waals surface area contributed by atoms with Gasteiger partial charge in [0, 0.05) is 36.0 Å². The molecule has 1 aliphatic carbocycles. The Labute approximate surface area is 179 Å². The Bertz CT molecular complexity index is 742. The van der Waals surface area contributed by atoms with Gasteiger partial charge in [0.2, 0.25) is 5.91 Å². The molecule has 158 valence electrons. The summed E-state index contributed by atoms with van der Waals surface area (Å²) in [5, 5.41) is -0.445. The van der Waals surface area contributed by atoms with Crippen LogP contribution < -0.4 is 10.5 Å². The first-order valence-corrected chi connectivity index (χ1v) is 11.7. The van der Waals surface area contributed by atoms with Crippen molar-refractivity contribution >= 4 is 25.5 Å². The van der Waals surface area contributed by atoms with Crippen LogP contribution in [-0.2, 0) is 4.79 Å². The maximum absolute atomic E-state index is 13.9. The Morgan fingerprint density at radius 1 is 1.41 bits per heavy atom. The number of carbonyl (C=O) groups is 1. The summed E-state index contributed by atoms with van der Waals surface area (Å²) in [6.07, 6.45) is 5.67. The molecule has 1 saturated carbocycles. The zero-order valence-corrected chi connectivity index (χ0v) is 18.6. The monoisotopic (exact) mass is 418 g/mol. The number of piperidine rings is 1. The maximum Gasteiger partial charge on any atom is 0.222 e. The molecule has 2 aliphatic rings. The lowest BCUT2D eigenvalue weighted by Gasteiger charge is -2.37. The fraction of sp³-hybridized carbons (Fsp3) is 0.682. The molecular weight excluding hydrogens is 386 g/mol. The Kier molecular flexibility index (Phi) is 6.89. The first-order chi connectivity index (χ1) is 13.7. The number of thioether (sulfide) groups is 1. The summed E-state index contributed by atoms with van der Waals surface area (Å²) in [7, 11) is 6.59. The number of nitrogens with zero attached hydrogens (tertiary/aromatic N) is 1. The zero-order valence-electron chi connectivity index (χ0n) is 17.7. The Balaban J connectivity index is 1.47. The van der Waals surface area contributed by atoms with E-state index in [4.69, 9.17) is 18.3 Å².